The predicted octanol–water partition coefficient (Wildman–Crippen LogP) is 2.27. The molecule has 2 bridgehead atoms. The number of pyridine rings is 1. The third-order valence-corrected chi connectivity index (χ3v) is 6.84. The molecule has 0 unspecified atom stereocenters. The fourth-order valence-corrected chi connectivity index (χ4v) is 4.56. The molecule has 3 heterocycles. The minimum atomic E-state index is -1.18. The molecule has 1 aromatic heterocycles. The Labute approximate surface area is 211 Å². The second kappa shape index (κ2) is 10.4. The first-order valence-corrected chi connectivity index (χ1v) is 12.1. The number of rotatable bonds is 7. The maximum absolute atomic E-state index is 14.0. The van der Waals surface area contributed by atoms with Gasteiger partial charge in [0.2, 0.25) is 5.43 Å². The molecule has 0 aliphatic carbocycles. The summed E-state index contributed by atoms with van der Waals surface area (Å²) in [5.41, 5.74) is -1.88. The maximum Gasteiger partial charge on any atom is 0.278 e. The van der Waals surface area contributed by atoms with Crippen LogP contribution in [0, 0.1) is 17.5 Å². The van der Waals surface area contributed by atoms with Crippen molar-refractivity contribution < 1.29 is 32.6 Å². The minimum absolute atomic E-state index is 0.0627. The van der Waals surface area contributed by atoms with Crippen LogP contribution in [0.4, 0.5) is 13.2 Å². The number of nitrogens with zero attached hydrogens (tertiary/aromatic N) is 3. The van der Waals surface area contributed by atoms with E-state index in [0.717, 1.165) is 6.42 Å². The molecule has 200 valence electrons. The molecular formula is C25H29F3N4O5. The van der Waals surface area contributed by atoms with Crippen LogP contribution < -0.4 is 20.5 Å². The number of ether oxygens (including phenoxy) is 1. The number of carbonyl (C=O) groups excluding carboxylic acids is 2. The van der Waals surface area contributed by atoms with Crippen LogP contribution in [0.2, 0.25) is 0 Å². The minimum Gasteiger partial charge on any atom is -0.487 e. The first kappa shape index (κ1) is 26.5. The van der Waals surface area contributed by atoms with E-state index < -0.39 is 64.5 Å². The number of benzene rings is 1. The fourth-order valence-electron chi connectivity index (χ4n) is 4.56. The Morgan fingerprint density at radius 3 is 2.51 bits per heavy atom. The summed E-state index contributed by atoms with van der Waals surface area (Å²) in [6.07, 6.45) is 2.06. The first-order chi connectivity index (χ1) is 17.5. The van der Waals surface area contributed by atoms with Crippen molar-refractivity contribution in [3.05, 3.63) is 62.8 Å². The number of aromatic nitrogens is 1. The molecule has 1 fully saturated rings. The average molecular weight is 523 g/mol. The average Bonchev–Trinajstić information content (AvgIpc) is 2.93. The molecule has 2 aliphatic heterocycles. The van der Waals surface area contributed by atoms with Gasteiger partial charge in [0, 0.05) is 36.5 Å². The molecule has 2 aromatic rings. The van der Waals surface area contributed by atoms with Crippen molar-refractivity contribution in [2.45, 2.75) is 64.8 Å². The van der Waals surface area contributed by atoms with Crippen LogP contribution in [0.3, 0.4) is 0 Å². The fraction of sp³-hybridized carbons (Fsp3) is 0.480. The highest BCUT2D eigenvalue weighted by Gasteiger charge is 2.43. The molecule has 37 heavy (non-hydrogen) atoms. The van der Waals surface area contributed by atoms with Gasteiger partial charge in [-0.15, -0.1) is 0 Å². The maximum atomic E-state index is 14.0. The van der Waals surface area contributed by atoms with Crippen LogP contribution in [0.15, 0.2) is 23.1 Å². The SMILES string of the molecule is CCCCOc1c2n(cc(C(=O)NCc3c(F)cc(F)cc3F)c1=O)N1CN(C2=O)[C@@H](C)[C@H](O)C[C@H]1C. The van der Waals surface area contributed by atoms with E-state index in [0.29, 0.717) is 25.0 Å². The molecule has 2 amide bonds. The number of aliphatic hydroxyl groups excluding tert-OH is 1. The molecule has 0 spiro atoms. The monoisotopic (exact) mass is 522 g/mol. The van der Waals surface area contributed by atoms with Gasteiger partial charge in [-0.2, -0.15) is 0 Å². The van der Waals surface area contributed by atoms with Crippen LogP contribution in [-0.4, -0.2) is 58.0 Å². The number of hydrogen-bond donors (Lipinski definition) is 2. The van der Waals surface area contributed by atoms with Gasteiger partial charge in [0.05, 0.1) is 18.8 Å². The summed E-state index contributed by atoms with van der Waals surface area (Å²) in [7, 11) is 0. The third-order valence-electron chi connectivity index (χ3n) is 6.84. The van der Waals surface area contributed by atoms with E-state index in [4.69, 9.17) is 4.74 Å². The molecule has 3 atom stereocenters. The molecule has 9 nitrogen and oxygen atoms in total. The largest absolute Gasteiger partial charge is 0.487 e. The van der Waals surface area contributed by atoms with Gasteiger partial charge in [0.1, 0.15) is 29.7 Å². The molecule has 4 rings (SSSR count). The number of halogens is 3. The summed E-state index contributed by atoms with van der Waals surface area (Å²) in [5, 5.41) is 14.6. The van der Waals surface area contributed by atoms with Crippen molar-refractivity contribution in [1.29, 1.82) is 0 Å². The summed E-state index contributed by atoms with van der Waals surface area (Å²) in [6, 6.07) is 0.186. The lowest BCUT2D eigenvalue weighted by Gasteiger charge is -2.42. The highest BCUT2D eigenvalue weighted by Crippen LogP contribution is 2.29. The van der Waals surface area contributed by atoms with E-state index in [1.807, 2.05) is 13.8 Å². The summed E-state index contributed by atoms with van der Waals surface area (Å²) >= 11 is 0. The second-order valence-corrected chi connectivity index (χ2v) is 9.38. The normalized spacial score (nSPS) is 20.9. The van der Waals surface area contributed by atoms with Crippen molar-refractivity contribution in [2.24, 2.45) is 0 Å². The Bertz CT molecular complexity index is 1260. The standard InChI is InChI=1S/C25H29F3N4O5/c1-4-5-6-37-23-21-25(36)30-12-32(13(2)7-20(33)14(30)3)31(21)11-17(22(23)34)24(35)29-10-16-18(27)8-15(26)9-19(16)28/h8-9,11,13-14,20,33H,4-7,10,12H2,1-3H3,(H,29,35)/t13-,14+,20-/m1/s1. The Balaban J connectivity index is 1.77. The summed E-state index contributed by atoms with van der Waals surface area (Å²) in [4.78, 5) is 41.4. The Hall–Kier alpha value is -3.54. The van der Waals surface area contributed by atoms with E-state index in [-0.39, 0.29) is 30.8 Å². The van der Waals surface area contributed by atoms with Crippen LogP contribution in [-0.2, 0) is 6.54 Å². The first-order valence-electron chi connectivity index (χ1n) is 12.1. The zero-order chi connectivity index (χ0) is 27.0. The van der Waals surface area contributed by atoms with E-state index >= 15 is 0 Å². The molecule has 2 N–H and O–H groups in total. The van der Waals surface area contributed by atoms with Crippen molar-refractivity contribution >= 4 is 11.8 Å². The van der Waals surface area contributed by atoms with E-state index in [1.165, 1.54) is 15.8 Å². The summed E-state index contributed by atoms with van der Waals surface area (Å²) in [6.45, 7) is 5.08. The van der Waals surface area contributed by atoms with Crippen LogP contribution in [0.1, 0.15) is 66.4 Å². The van der Waals surface area contributed by atoms with Gasteiger partial charge in [0.15, 0.2) is 11.4 Å². The number of nitrogens with one attached hydrogen (secondary N) is 1. The predicted molar refractivity (Wildman–Crippen MR) is 127 cm³/mol. The van der Waals surface area contributed by atoms with Crippen molar-refractivity contribution in [1.82, 2.24) is 14.9 Å². The van der Waals surface area contributed by atoms with Gasteiger partial charge in [-0.05, 0) is 26.7 Å². The van der Waals surface area contributed by atoms with Crippen molar-refractivity contribution in [2.75, 3.05) is 18.3 Å². The molecular weight excluding hydrogens is 493 g/mol. The van der Waals surface area contributed by atoms with Gasteiger partial charge in [0.25, 0.3) is 11.8 Å². The lowest BCUT2D eigenvalue weighted by atomic mass is 10.1. The topological polar surface area (TPSA) is 104 Å². The summed E-state index contributed by atoms with van der Waals surface area (Å²) in [5.74, 6) is -5.25. The highest BCUT2D eigenvalue weighted by atomic mass is 19.1. The van der Waals surface area contributed by atoms with Crippen molar-refractivity contribution in [3.63, 3.8) is 0 Å². The lowest BCUT2D eigenvalue weighted by molar-refractivity contribution is 0.0408. The number of amides is 2. The van der Waals surface area contributed by atoms with Gasteiger partial charge in [-0.3, -0.25) is 24.1 Å². The van der Waals surface area contributed by atoms with Crippen LogP contribution >= 0.6 is 0 Å². The number of aliphatic hydroxyl groups is 1. The van der Waals surface area contributed by atoms with Gasteiger partial charge in [-0.25, -0.2) is 13.2 Å². The zero-order valence-electron chi connectivity index (χ0n) is 20.8. The van der Waals surface area contributed by atoms with Gasteiger partial charge >= 0.3 is 0 Å². The van der Waals surface area contributed by atoms with E-state index in [2.05, 4.69) is 5.32 Å². The van der Waals surface area contributed by atoms with Gasteiger partial charge < -0.3 is 20.1 Å². The lowest BCUT2D eigenvalue weighted by Crippen LogP contribution is -2.58. The Morgan fingerprint density at radius 2 is 1.86 bits per heavy atom. The van der Waals surface area contributed by atoms with Crippen LogP contribution in [0.5, 0.6) is 5.75 Å². The highest BCUT2D eigenvalue weighted by molar-refractivity contribution is 5.99. The number of hydrogen-bond acceptors (Lipinski definition) is 6. The number of carbonyl (C=O) groups is 2. The molecule has 12 heteroatoms. The molecule has 0 saturated carbocycles. The second-order valence-electron chi connectivity index (χ2n) is 9.38. The Morgan fingerprint density at radius 1 is 1.19 bits per heavy atom. The van der Waals surface area contributed by atoms with Gasteiger partial charge in [-0.1, -0.05) is 13.3 Å². The van der Waals surface area contributed by atoms with Crippen LogP contribution in [0.25, 0.3) is 0 Å². The quantitative estimate of drug-likeness (QED) is 0.541. The van der Waals surface area contributed by atoms with E-state index in [1.54, 1.807) is 11.9 Å². The van der Waals surface area contributed by atoms with Crippen molar-refractivity contribution in [3.8, 4) is 5.75 Å². The Kier molecular flexibility index (Phi) is 7.49. The molecule has 0 radical (unpaired) electrons. The zero-order valence-corrected chi connectivity index (χ0v) is 20.8. The van der Waals surface area contributed by atoms with E-state index in [9.17, 15) is 32.7 Å². The third kappa shape index (κ3) is 4.89. The number of unbranched alkanes of at least 4 members (excludes halogenated alkanes) is 1. The number of fused-ring (bicyclic) bond motifs is 4. The smallest absolute Gasteiger partial charge is 0.278 e. The summed E-state index contributed by atoms with van der Waals surface area (Å²) < 4.78 is 48.5. The molecule has 1 saturated heterocycles. The molecule has 1 aromatic carbocycles. The molecule has 2 aliphatic rings.